The molecule has 156 valence electrons. The van der Waals surface area contributed by atoms with Crippen molar-refractivity contribution in [3.63, 3.8) is 0 Å². The first-order valence-electron chi connectivity index (χ1n) is 10.2. The summed E-state index contributed by atoms with van der Waals surface area (Å²) < 4.78 is 20.2. The molecule has 3 rings (SSSR count). The van der Waals surface area contributed by atoms with E-state index in [2.05, 4.69) is 43.0 Å². The van der Waals surface area contributed by atoms with E-state index in [-0.39, 0.29) is 11.8 Å². The predicted molar refractivity (Wildman–Crippen MR) is 118 cm³/mol. The van der Waals surface area contributed by atoms with Gasteiger partial charge in [0.2, 0.25) is 5.91 Å². The molecule has 2 atom stereocenters. The zero-order valence-electron chi connectivity index (χ0n) is 17.4. The van der Waals surface area contributed by atoms with Crippen LogP contribution in [-0.4, -0.2) is 45.7 Å². The Bertz CT molecular complexity index is 841. The molecule has 1 N–H and O–H groups in total. The SMILES string of the molecule is CC(C)Cc1ccc([C@H](C)C(=O)N2CCN(c3ccc(S(=O)O)cc3)CC2)cc1. The molecule has 0 saturated carbocycles. The number of rotatable bonds is 6. The van der Waals surface area contributed by atoms with Crippen LogP contribution in [0, 0.1) is 5.92 Å². The third-order valence-corrected chi connectivity index (χ3v) is 6.16. The average molecular weight is 415 g/mol. The quantitative estimate of drug-likeness (QED) is 0.728. The van der Waals surface area contributed by atoms with Crippen molar-refractivity contribution in [1.82, 2.24) is 4.90 Å². The van der Waals surface area contributed by atoms with E-state index in [1.54, 1.807) is 12.1 Å². The third-order valence-electron chi connectivity index (χ3n) is 5.49. The van der Waals surface area contributed by atoms with E-state index in [0.717, 1.165) is 30.8 Å². The highest BCUT2D eigenvalue weighted by Gasteiger charge is 2.26. The van der Waals surface area contributed by atoms with E-state index in [0.29, 0.717) is 23.9 Å². The maximum Gasteiger partial charge on any atom is 0.229 e. The van der Waals surface area contributed by atoms with Gasteiger partial charge in [-0.15, -0.1) is 0 Å². The standard InChI is InChI=1S/C23H30N2O3S/c1-17(2)16-19-4-6-20(7-5-19)18(3)23(26)25-14-12-24(13-15-25)21-8-10-22(11-9-21)29(27)28/h4-11,17-18H,12-16H2,1-3H3,(H,27,28)/t18-/m0/s1. The highest BCUT2D eigenvalue weighted by Crippen LogP contribution is 2.23. The Kier molecular flexibility index (Phi) is 7.09. The van der Waals surface area contributed by atoms with Gasteiger partial charge in [-0.25, -0.2) is 4.21 Å². The van der Waals surface area contributed by atoms with Crippen molar-refractivity contribution in [2.45, 2.75) is 38.0 Å². The van der Waals surface area contributed by atoms with Crippen LogP contribution in [0.25, 0.3) is 0 Å². The molecule has 0 radical (unpaired) electrons. The molecular weight excluding hydrogens is 384 g/mol. The second-order valence-electron chi connectivity index (χ2n) is 8.12. The summed E-state index contributed by atoms with van der Waals surface area (Å²) >= 11 is -1.95. The van der Waals surface area contributed by atoms with Crippen molar-refractivity contribution in [1.29, 1.82) is 0 Å². The zero-order valence-corrected chi connectivity index (χ0v) is 18.2. The second-order valence-corrected chi connectivity index (χ2v) is 9.09. The lowest BCUT2D eigenvalue weighted by molar-refractivity contribution is -0.132. The van der Waals surface area contributed by atoms with Gasteiger partial charge in [-0.05, 0) is 54.7 Å². The highest BCUT2D eigenvalue weighted by molar-refractivity contribution is 7.79. The van der Waals surface area contributed by atoms with Gasteiger partial charge < -0.3 is 14.4 Å². The molecule has 1 fully saturated rings. The first-order valence-corrected chi connectivity index (χ1v) is 11.3. The Labute approximate surface area is 176 Å². The number of amides is 1. The Morgan fingerprint density at radius 1 is 0.966 bits per heavy atom. The topological polar surface area (TPSA) is 60.9 Å². The monoisotopic (exact) mass is 414 g/mol. The number of anilines is 1. The zero-order chi connectivity index (χ0) is 21.0. The molecular formula is C23H30N2O3S. The number of benzene rings is 2. The summed E-state index contributed by atoms with van der Waals surface area (Å²) in [5.41, 5.74) is 3.39. The Morgan fingerprint density at radius 2 is 1.55 bits per heavy atom. The fourth-order valence-electron chi connectivity index (χ4n) is 3.79. The van der Waals surface area contributed by atoms with E-state index in [4.69, 9.17) is 4.55 Å². The molecule has 2 aromatic rings. The van der Waals surface area contributed by atoms with Crippen LogP contribution >= 0.6 is 0 Å². The minimum absolute atomic E-state index is 0.145. The molecule has 0 aliphatic carbocycles. The van der Waals surface area contributed by atoms with Gasteiger partial charge in [-0.1, -0.05) is 38.1 Å². The van der Waals surface area contributed by atoms with Crippen molar-refractivity contribution in [3.05, 3.63) is 59.7 Å². The minimum Gasteiger partial charge on any atom is -0.368 e. The van der Waals surface area contributed by atoms with Gasteiger partial charge in [0.25, 0.3) is 0 Å². The molecule has 0 aromatic heterocycles. The summed E-state index contributed by atoms with van der Waals surface area (Å²) in [6.07, 6.45) is 1.06. The summed E-state index contributed by atoms with van der Waals surface area (Å²) in [6, 6.07) is 15.5. The van der Waals surface area contributed by atoms with E-state index in [9.17, 15) is 9.00 Å². The molecule has 1 aliphatic heterocycles. The van der Waals surface area contributed by atoms with Crippen LogP contribution in [0.1, 0.15) is 37.8 Å². The highest BCUT2D eigenvalue weighted by atomic mass is 32.2. The summed E-state index contributed by atoms with van der Waals surface area (Å²) in [7, 11) is 0. The van der Waals surface area contributed by atoms with Crippen LogP contribution in [-0.2, 0) is 22.3 Å². The van der Waals surface area contributed by atoms with Gasteiger partial charge in [-0.3, -0.25) is 4.79 Å². The average Bonchev–Trinajstić information content (AvgIpc) is 2.73. The smallest absolute Gasteiger partial charge is 0.229 e. The van der Waals surface area contributed by atoms with Crippen LogP contribution in [0.4, 0.5) is 5.69 Å². The van der Waals surface area contributed by atoms with Gasteiger partial charge in [0.05, 0.1) is 10.8 Å². The van der Waals surface area contributed by atoms with E-state index >= 15 is 0 Å². The lowest BCUT2D eigenvalue weighted by Crippen LogP contribution is -2.49. The van der Waals surface area contributed by atoms with E-state index in [1.165, 1.54) is 5.56 Å². The van der Waals surface area contributed by atoms with E-state index in [1.807, 2.05) is 24.0 Å². The van der Waals surface area contributed by atoms with E-state index < -0.39 is 11.1 Å². The predicted octanol–water partition coefficient (Wildman–Crippen LogP) is 3.92. The molecule has 5 nitrogen and oxygen atoms in total. The Morgan fingerprint density at radius 3 is 2.07 bits per heavy atom. The van der Waals surface area contributed by atoms with Gasteiger partial charge in [0.1, 0.15) is 0 Å². The molecule has 1 heterocycles. The number of piperazine rings is 1. The summed E-state index contributed by atoms with van der Waals surface area (Å²) in [5.74, 6) is 0.652. The molecule has 1 aliphatic rings. The third kappa shape index (κ3) is 5.46. The Balaban J connectivity index is 1.57. The second kappa shape index (κ2) is 9.55. The summed E-state index contributed by atoms with van der Waals surface area (Å²) in [5, 5.41) is 0. The van der Waals surface area contributed by atoms with Crippen LogP contribution in [0.2, 0.25) is 0 Å². The van der Waals surface area contributed by atoms with Gasteiger partial charge >= 0.3 is 0 Å². The Hall–Kier alpha value is -2.18. The number of carbonyl (C=O) groups is 1. The van der Waals surface area contributed by atoms with Crippen LogP contribution in [0.15, 0.2) is 53.4 Å². The minimum atomic E-state index is -1.95. The normalized spacial score (nSPS) is 16.7. The number of nitrogens with zero attached hydrogens (tertiary/aromatic N) is 2. The molecule has 2 aromatic carbocycles. The maximum absolute atomic E-state index is 13.0. The maximum atomic E-state index is 13.0. The lowest BCUT2D eigenvalue weighted by Gasteiger charge is -2.37. The number of hydrogen-bond donors (Lipinski definition) is 1. The fourth-order valence-corrected chi connectivity index (χ4v) is 4.16. The van der Waals surface area contributed by atoms with Gasteiger partial charge in [-0.2, -0.15) is 0 Å². The van der Waals surface area contributed by atoms with Crippen molar-refractivity contribution in [2.75, 3.05) is 31.1 Å². The first kappa shape index (κ1) is 21.5. The first-order chi connectivity index (χ1) is 13.8. The fraction of sp³-hybridized carbons (Fsp3) is 0.435. The largest absolute Gasteiger partial charge is 0.368 e. The van der Waals surface area contributed by atoms with Gasteiger partial charge in [0, 0.05) is 31.9 Å². The molecule has 1 unspecified atom stereocenters. The van der Waals surface area contributed by atoms with Crippen molar-refractivity contribution < 1.29 is 13.6 Å². The molecule has 29 heavy (non-hydrogen) atoms. The molecule has 0 bridgehead atoms. The summed E-state index contributed by atoms with van der Waals surface area (Å²) in [4.78, 5) is 17.5. The van der Waals surface area contributed by atoms with Crippen molar-refractivity contribution >= 4 is 22.7 Å². The molecule has 6 heteroatoms. The van der Waals surface area contributed by atoms with Crippen molar-refractivity contribution in [3.8, 4) is 0 Å². The van der Waals surface area contributed by atoms with Crippen molar-refractivity contribution in [2.24, 2.45) is 5.92 Å². The van der Waals surface area contributed by atoms with Gasteiger partial charge in [0.15, 0.2) is 11.1 Å². The van der Waals surface area contributed by atoms with Crippen LogP contribution in [0.3, 0.4) is 0 Å². The molecule has 0 spiro atoms. The van der Waals surface area contributed by atoms with Crippen LogP contribution in [0.5, 0.6) is 0 Å². The molecule has 1 saturated heterocycles. The van der Waals surface area contributed by atoms with Crippen LogP contribution < -0.4 is 4.90 Å². The number of hydrogen-bond acceptors (Lipinski definition) is 3. The number of carbonyl (C=O) groups excluding carboxylic acids is 1. The molecule has 1 amide bonds. The summed E-state index contributed by atoms with van der Waals surface area (Å²) in [6.45, 7) is 9.29. The lowest BCUT2D eigenvalue weighted by atomic mass is 9.95.